The minimum Gasteiger partial charge on any atom is -0.497 e. The Morgan fingerprint density at radius 3 is 2.26 bits per heavy atom. The highest BCUT2D eigenvalue weighted by molar-refractivity contribution is 6.16. The molecule has 18 heteroatoms. The first-order chi connectivity index (χ1) is 30.1. The maximum atomic E-state index is 13.7. The third kappa shape index (κ3) is 9.61. The van der Waals surface area contributed by atoms with Crippen molar-refractivity contribution in [3.8, 4) is 46.7 Å². The van der Waals surface area contributed by atoms with Crippen LogP contribution < -0.4 is 35.3 Å². The van der Waals surface area contributed by atoms with Gasteiger partial charge in [-0.1, -0.05) is 18.4 Å². The molecule has 5 N–H and O–H groups in total. The lowest BCUT2D eigenvalue weighted by molar-refractivity contribution is -0.130. The summed E-state index contributed by atoms with van der Waals surface area (Å²) in [4.78, 5) is 47.7. The molecule has 2 fully saturated rings. The second kappa shape index (κ2) is 19.3. The third-order valence-corrected chi connectivity index (χ3v) is 10.8. The number of nitrogens with one attached hydrogen (secondary N) is 3. The van der Waals surface area contributed by atoms with Crippen molar-refractivity contribution in [2.45, 2.75) is 37.5 Å². The van der Waals surface area contributed by atoms with E-state index >= 15 is 0 Å². The number of hydrogen-bond acceptors (Lipinski definition) is 14. The van der Waals surface area contributed by atoms with Gasteiger partial charge in [-0.15, -0.1) is 0 Å². The number of hydrogen-bond donors (Lipinski definition) is 4. The number of nitrogens with zero attached hydrogens (tertiary/aromatic N) is 8. The molecular weight excluding hydrogens is 793 g/mol. The summed E-state index contributed by atoms with van der Waals surface area (Å²) in [6, 6.07) is 10.4. The molecule has 0 spiro atoms. The number of fused-ring (bicyclic) bond motifs is 1. The van der Waals surface area contributed by atoms with Gasteiger partial charge in [-0.2, -0.15) is 5.10 Å². The molecule has 0 bridgehead atoms. The Morgan fingerprint density at radius 2 is 1.60 bits per heavy atom. The van der Waals surface area contributed by atoms with Crippen molar-refractivity contribution in [1.29, 1.82) is 5.41 Å². The maximum Gasteiger partial charge on any atom is 0.246 e. The number of carbonyl (C=O) groups excluding carboxylic acids is 2. The molecule has 3 aliphatic heterocycles. The number of benzene rings is 2. The number of carbonyl (C=O) groups is 2. The van der Waals surface area contributed by atoms with Crippen molar-refractivity contribution >= 4 is 46.6 Å². The summed E-state index contributed by atoms with van der Waals surface area (Å²) in [5, 5.41) is 21.2. The SMILES string of the molecule is C=CC(=O)N1CC[C@H](NC2N=CNC(=NCCC(=O)N3CC[C@H](n4nc(C#Cc5cc(OC)cc(OC)c5)c5c(N)ncnc54)C3)C2C(=N)C#Cc2cc(OC)cc(OC)c2)C1. The van der Waals surface area contributed by atoms with Crippen LogP contribution in [0.25, 0.3) is 11.0 Å². The van der Waals surface area contributed by atoms with Gasteiger partial charge in [-0.05, 0) is 55.0 Å². The summed E-state index contributed by atoms with van der Waals surface area (Å²) < 4.78 is 23.4. The number of amides is 2. The predicted octanol–water partition coefficient (Wildman–Crippen LogP) is 2.43. The molecule has 2 saturated heterocycles. The average molecular weight is 841 g/mol. The average Bonchev–Trinajstić information content (AvgIpc) is 4.07. The van der Waals surface area contributed by atoms with Crippen LogP contribution in [-0.4, -0.2) is 133 Å². The Labute approximate surface area is 359 Å². The number of rotatable bonds is 12. The molecule has 0 saturated carbocycles. The molecule has 62 heavy (non-hydrogen) atoms. The van der Waals surface area contributed by atoms with E-state index in [-0.39, 0.29) is 48.4 Å². The zero-order valence-electron chi connectivity index (χ0n) is 35.0. The van der Waals surface area contributed by atoms with Gasteiger partial charge in [0.15, 0.2) is 5.65 Å². The van der Waals surface area contributed by atoms with Crippen molar-refractivity contribution in [3.63, 3.8) is 0 Å². The Balaban J connectivity index is 1.06. The van der Waals surface area contributed by atoms with Crippen LogP contribution in [0.1, 0.15) is 42.1 Å². The minimum atomic E-state index is -0.707. The molecule has 2 amide bonds. The minimum absolute atomic E-state index is 0.0568. The zero-order chi connectivity index (χ0) is 43.8. The van der Waals surface area contributed by atoms with E-state index in [1.807, 2.05) is 0 Å². The molecule has 2 aromatic carbocycles. The van der Waals surface area contributed by atoms with Crippen molar-refractivity contribution in [2.75, 3.05) is 66.9 Å². The van der Waals surface area contributed by atoms with E-state index in [1.54, 1.807) is 79.3 Å². The molecule has 18 nitrogen and oxygen atoms in total. The summed E-state index contributed by atoms with van der Waals surface area (Å²) >= 11 is 0. The first-order valence-electron chi connectivity index (χ1n) is 20.0. The fraction of sp³-hybridized carbons (Fsp3) is 0.364. The van der Waals surface area contributed by atoms with Crippen LogP contribution in [0.15, 0.2) is 65.4 Å². The van der Waals surface area contributed by atoms with E-state index in [0.717, 1.165) is 0 Å². The highest BCUT2D eigenvalue weighted by Gasteiger charge is 2.36. The molecule has 4 aromatic rings. The summed E-state index contributed by atoms with van der Waals surface area (Å²) in [6.45, 7) is 5.72. The fourth-order valence-electron chi connectivity index (χ4n) is 7.60. The van der Waals surface area contributed by atoms with E-state index in [4.69, 9.17) is 34.8 Å². The van der Waals surface area contributed by atoms with Crippen molar-refractivity contribution in [1.82, 2.24) is 40.2 Å². The summed E-state index contributed by atoms with van der Waals surface area (Å²) in [6.07, 6.45) is 5.09. The highest BCUT2D eigenvalue weighted by Crippen LogP contribution is 2.29. The third-order valence-electron chi connectivity index (χ3n) is 10.8. The Bertz CT molecular complexity index is 2520. The molecule has 2 unspecified atom stereocenters. The number of amidine groups is 1. The van der Waals surface area contributed by atoms with E-state index < -0.39 is 12.1 Å². The topological polar surface area (TPSA) is 220 Å². The number of nitrogen functional groups attached to an aromatic ring is 1. The fourth-order valence-corrected chi connectivity index (χ4v) is 7.60. The normalized spacial score (nSPS) is 19.8. The van der Waals surface area contributed by atoms with Crippen molar-refractivity contribution in [3.05, 3.63) is 72.2 Å². The van der Waals surface area contributed by atoms with Gasteiger partial charge >= 0.3 is 0 Å². The number of methoxy groups -OCH3 is 4. The largest absolute Gasteiger partial charge is 0.497 e. The second-order valence-corrected chi connectivity index (χ2v) is 14.7. The monoisotopic (exact) mass is 840 g/mol. The van der Waals surface area contributed by atoms with Crippen molar-refractivity contribution < 1.29 is 28.5 Å². The van der Waals surface area contributed by atoms with E-state index in [0.29, 0.717) is 95.7 Å². The van der Waals surface area contributed by atoms with Crippen LogP contribution in [0.5, 0.6) is 23.0 Å². The standard InChI is InChI=1S/C44H48N12O6/c1-6-37(57)54-15-12-29(23-54)52-43-39(35(45)9-7-27-17-31(59-2)21-32(18-27)60-3)42(49-26-50-43)47-14-11-38(58)55-16-13-30(24-55)56-44-40(41(46)48-25-51-44)36(53-56)10-8-28-19-33(61-4)22-34(20-28)62-5/h6,17-22,25-26,29-30,39,43,45,52H,1,11-16,23-24H2,2-5H3,(H2,46,48,51)(H,47,49,50)/t29-,30-,39?,43?/m0/s1. The number of anilines is 1. The Morgan fingerprint density at radius 1 is 0.935 bits per heavy atom. The predicted molar refractivity (Wildman–Crippen MR) is 234 cm³/mol. The summed E-state index contributed by atoms with van der Waals surface area (Å²) in [7, 11) is 6.26. The number of nitrogens with two attached hydrogens (primary N) is 1. The quantitative estimate of drug-likeness (QED) is 0.0919. The van der Waals surface area contributed by atoms with E-state index in [9.17, 15) is 15.0 Å². The molecule has 320 valence electrons. The van der Waals surface area contributed by atoms with Crippen LogP contribution in [0.2, 0.25) is 0 Å². The van der Waals surface area contributed by atoms with Gasteiger partial charge in [-0.3, -0.25) is 30.3 Å². The molecule has 0 radical (unpaired) electrons. The molecule has 4 atom stereocenters. The van der Waals surface area contributed by atoms with Crippen molar-refractivity contribution in [2.24, 2.45) is 15.9 Å². The number of aromatic nitrogens is 4. The maximum absolute atomic E-state index is 13.7. The lowest BCUT2D eigenvalue weighted by Crippen LogP contribution is -2.53. The number of likely N-dealkylation sites (tertiary alicyclic amines) is 2. The number of aliphatic imine (C=N–C) groups is 2. The lowest BCUT2D eigenvalue weighted by atomic mass is 9.96. The van der Waals surface area contributed by atoms with E-state index in [1.165, 1.54) is 18.7 Å². The van der Waals surface area contributed by atoms with Crippen LogP contribution in [-0.2, 0) is 9.59 Å². The molecule has 7 rings (SSSR count). The zero-order valence-corrected chi connectivity index (χ0v) is 35.0. The van der Waals surface area contributed by atoms with Gasteiger partial charge in [0.05, 0.1) is 51.9 Å². The second-order valence-electron chi connectivity index (χ2n) is 14.7. The van der Waals surface area contributed by atoms with Gasteiger partial charge in [0, 0.05) is 68.4 Å². The van der Waals surface area contributed by atoms with Crippen LogP contribution in [0.3, 0.4) is 0 Å². The lowest BCUT2D eigenvalue weighted by Gasteiger charge is -2.31. The van der Waals surface area contributed by atoms with Crippen LogP contribution >= 0.6 is 0 Å². The smallest absolute Gasteiger partial charge is 0.246 e. The summed E-state index contributed by atoms with van der Waals surface area (Å²) in [5.41, 5.74) is 8.60. The molecule has 5 heterocycles. The number of ether oxygens (including phenoxy) is 4. The highest BCUT2D eigenvalue weighted by atomic mass is 16.5. The Hall–Kier alpha value is -7.44. The molecular formula is C44H48N12O6. The van der Waals surface area contributed by atoms with Gasteiger partial charge < -0.3 is 39.8 Å². The van der Waals surface area contributed by atoms with Gasteiger partial charge in [0.2, 0.25) is 11.8 Å². The summed E-state index contributed by atoms with van der Waals surface area (Å²) in [5.74, 6) is 14.4. The molecule has 0 aliphatic carbocycles. The van der Waals surface area contributed by atoms with Gasteiger partial charge in [0.1, 0.15) is 58.8 Å². The molecule has 2 aromatic heterocycles. The Kier molecular flexibility index (Phi) is 13.3. The molecule has 3 aliphatic rings. The first kappa shape index (κ1) is 42.7. The van der Waals surface area contributed by atoms with E-state index in [2.05, 4.69) is 55.9 Å². The first-order valence-corrected chi connectivity index (χ1v) is 20.0. The van der Waals surface area contributed by atoms with Crippen LogP contribution in [0.4, 0.5) is 5.82 Å². The van der Waals surface area contributed by atoms with Gasteiger partial charge in [0.25, 0.3) is 0 Å². The van der Waals surface area contributed by atoms with Gasteiger partial charge in [-0.25, -0.2) is 14.6 Å². The van der Waals surface area contributed by atoms with Crippen LogP contribution in [0, 0.1) is 35.0 Å².